The van der Waals surface area contributed by atoms with Gasteiger partial charge in [0, 0.05) is 30.1 Å². The van der Waals surface area contributed by atoms with Crippen LogP contribution >= 0.6 is 0 Å². The first-order valence-corrected chi connectivity index (χ1v) is 19.1. The molecule has 1 aromatic heterocycles. The first-order chi connectivity index (χ1) is 25.4. The summed E-state index contributed by atoms with van der Waals surface area (Å²) in [5.74, 6) is -1.35. The van der Waals surface area contributed by atoms with Crippen molar-refractivity contribution in [3.63, 3.8) is 0 Å². The van der Waals surface area contributed by atoms with Crippen LogP contribution in [0.25, 0.3) is 10.9 Å². The van der Waals surface area contributed by atoms with E-state index in [9.17, 15) is 14.4 Å². The van der Waals surface area contributed by atoms with Gasteiger partial charge in [0.1, 0.15) is 29.4 Å². The van der Waals surface area contributed by atoms with E-state index in [2.05, 4.69) is 5.32 Å². The number of hydrogen-bond acceptors (Lipinski definition) is 7. The molecule has 0 spiro atoms. The van der Waals surface area contributed by atoms with Gasteiger partial charge in [0.2, 0.25) is 15.9 Å². The maximum atomic E-state index is 15.2. The van der Waals surface area contributed by atoms with Crippen LogP contribution in [0.15, 0.2) is 126 Å². The number of amides is 2. The summed E-state index contributed by atoms with van der Waals surface area (Å²) in [4.78, 5) is 44.1. The Morgan fingerprint density at radius 2 is 1.51 bits per heavy atom. The average Bonchev–Trinajstić information content (AvgIpc) is 3.80. The molecule has 2 aliphatic rings. The van der Waals surface area contributed by atoms with Crippen molar-refractivity contribution >= 4 is 44.6 Å². The second-order valence-corrected chi connectivity index (χ2v) is 16.1. The van der Waals surface area contributed by atoms with Gasteiger partial charge in [0.15, 0.2) is 0 Å². The lowest BCUT2D eigenvalue weighted by molar-refractivity contribution is -0.147. The van der Waals surface area contributed by atoms with Crippen molar-refractivity contribution in [3.8, 4) is 0 Å². The SMILES string of the molecule is CCOC(=O)[C@H](Cc1ccccc1)NC(=O)[C@H]1C[C@@]2(n3ccc4ccccc43)c3ccccc3N(C(=O)OC(C)(C)C)[C@H]2N1S(=O)(=O)c1ccccc1. The summed E-state index contributed by atoms with van der Waals surface area (Å²) < 4.78 is 44.8. The zero-order valence-electron chi connectivity index (χ0n) is 30.0. The Morgan fingerprint density at radius 1 is 0.868 bits per heavy atom. The van der Waals surface area contributed by atoms with Gasteiger partial charge in [-0.05, 0) is 69.0 Å². The van der Waals surface area contributed by atoms with E-state index in [0.717, 1.165) is 20.8 Å². The number of ether oxygens (including phenoxy) is 2. The van der Waals surface area contributed by atoms with Crippen LogP contribution in [-0.2, 0) is 41.0 Å². The Hall–Kier alpha value is -5.46. The average molecular weight is 735 g/mol. The molecule has 53 heavy (non-hydrogen) atoms. The molecule has 12 heteroatoms. The van der Waals surface area contributed by atoms with Crippen molar-refractivity contribution in [1.29, 1.82) is 0 Å². The predicted molar refractivity (Wildman–Crippen MR) is 201 cm³/mol. The highest BCUT2D eigenvalue weighted by Gasteiger charge is 2.68. The molecule has 2 amide bonds. The molecule has 7 rings (SSSR count). The molecule has 4 atom stereocenters. The van der Waals surface area contributed by atoms with Gasteiger partial charge in [-0.15, -0.1) is 0 Å². The Labute approximate surface area is 309 Å². The smallest absolute Gasteiger partial charge is 0.416 e. The van der Waals surface area contributed by atoms with Gasteiger partial charge in [0.05, 0.1) is 17.2 Å². The minimum absolute atomic E-state index is 0.0581. The minimum atomic E-state index is -4.53. The molecular weight excluding hydrogens is 693 g/mol. The fraction of sp³-hybridized carbons (Fsp3) is 0.293. The summed E-state index contributed by atoms with van der Waals surface area (Å²) in [5.41, 5.74) is 0.421. The molecule has 0 radical (unpaired) electrons. The molecule has 0 saturated carbocycles. The molecule has 0 aliphatic carbocycles. The topological polar surface area (TPSA) is 127 Å². The lowest BCUT2D eigenvalue weighted by atomic mass is 9.86. The van der Waals surface area contributed by atoms with E-state index in [4.69, 9.17) is 9.47 Å². The van der Waals surface area contributed by atoms with E-state index in [1.165, 1.54) is 17.0 Å². The van der Waals surface area contributed by atoms with E-state index in [1.54, 1.807) is 58.0 Å². The molecule has 2 aliphatic heterocycles. The molecular formula is C41H42N4O7S. The van der Waals surface area contributed by atoms with Crippen LogP contribution in [0.4, 0.5) is 10.5 Å². The number of nitrogens with one attached hydrogen (secondary N) is 1. The fourth-order valence-electron chi connectivity index (χ4n) is 7.70. The largest absolute Gasteiger partial charge is 0.464 e. The molecule has 1 saturated heterocycles. The van der Waals surface area contributed by atoms with Crippen LogP contribution in [-0.4, -0.2) is 65.7 Å². The zero-order chi connectivity index (χ0) is 37.5. The number of carbonyl (C=O) groups is 3. The third-order valence-electron chi connectivity index (χ3n) is 9.77. The standard InChI is InChI=1S/C41H42N4O7S/c1-5-51-37(47)32(26-28-16-8-6-9-17-28)42-36(46)35-27-41(43-25-24-29-18-12-14-22-33(29)43)31-21-13-15-23-34(31)44(39(48)52-40(2,3)4)38(41)45(35)53(49,50)30-19-10-7-11-20-30/h6-25,32,35,38H,5,26-27H2,1-4H3,(H,42,46)/t32-,35+,38-,41+/m0/s1. The van der Waals surface area contributed by atoms with Gasteiger partial charge in [0.25, 0.3) is 0 Å². The third-order valence-corrected chi connectivity index (χ3v) is 11.6. The summed E-state index contributed by atoms with van der Waals surface area (Å²) >= 11 is 0. The number of esters is 1. The monoisotopic (exact) mass is 734 g/mol. The van der Waals surface area contributed by atoms with Gasteiger partial charge < -0.3 is 19.4 Å². The molecule has 5 aromatic rings. The lowest BCUT2D eigenvalue weighted by Gasteiger charge is -2.38. The number of rotatable bonds is 9. The zero-order valence-corrected chi connectivity index (χ0v) is 30.8. The van der Waals surface area contributed by atoms with Crippen molar-refractivity contribution in [2.45, 2.75) is 74.8 Å². The first-order valence-electron chi connectivity index (χ1n) is 17.6. The number of para-hydroxylation sites is 2. The molecule has 3 heterocycles. The van der Waals surface area contributed by atoms with Gasteiger partial charge in [-0.3, -0.25) is 9.69 Å². The van der Waals surface area contributed by atoms with Crippen LogP contribution in [0, 0.1) is 0 Å². The Morgan fingerprint density at radius 3 is 2.21 bits per heavy atom. The summed E-state index contributed by atoms with van der Waals surface area (Å²) in [6, 6.07) is 31.4. The highest BCUT2D eigenvalue weighted by molar-refractivity contribution is 7.89. The van der Waals surface area contributed by atoms with E-state index in [0.29, 0.717) is 11.3 Å². The maximum absolute atomic E-state index is 15.2. The lowest BCUT2D eigenvalue weighted by Crippen LogP contribution is -2.59. The number of aromatic nitrogens is 1. The Balaban J connectivity index is 1.46. The summed E-state index contributed by atoms with van der Waals surface area (Å²) in [6.07, 6.45) is -0.159. The van der Waals surface area contributed by atoms with Crippen LogP contribution in [0.3, 0.4) is 0 Å². The number of benzene rings is 4. The van der Waals surface area contributed by atoms with E-state index >= 15 is 8.42 Å². The normalized spacial score (nSPS) is 20.4. The van der Waals surface area contributed by atoms with Crippen molar-refractivity contribution < 1.29 is 32.3 Å². The summed E-state index contributed by atoms with van der Waals surface area (Å²) in [6.45, 7) is 6.99. The van der Waals surface area contributed by atoms with Crippen LogP contribution in [0.5, 0.6) is 0 Å². The number of fused-ring (bicyclic) bond motifs is 4. The maximum Gasteiger partial charge on any atom is 0.416 e. The van der Waals surface area contributed by atoms with Crippen molar-refractivity contribution in [2.24, 2.45) is 0 Å². The molecule has 0 bridgehead atoms. The van der Waals surface area contributed by atoms with Gasteiger partial charge in [-0.2, -0.15) is 4.31 Å². The summed E-state index contributed by atoms with van der Waals surface area (Å²) in [7, 11) is -4.53. The molecule has 1 fully saturated rings. The highest BCUT2D eigenvalue weighted by Crippen LogP contribution is 2.57. The molecule has 4 aromatic carbocycles. The number of nitrogens with zero attached hydrogens (tertiary/aromatic N) is 3. The number of anilines is 1. The molecule has 274 valence electrons. The predicted octanol–water partition coefficient (Wildman–Crippen LogP) is 6.22. The second-order valence-electron chi connectivity index (χ2n) is 14.3. The quantitative estimate of drug-likeness (QED) is 0.178. The summed E-state index contributed by atoms with van der Waals surface area (Å²) in [5, 5.41) is 3.77. The van der Waals surface area contributed by atoms with Crippen molar-refractivity contribution in [1.82, 2.24) is 14.2 Å². The number of carbonyl (C=O) groups excluding carboxylic acids is 3. The Kier molecular flexibility index (Phi) is 9.37. The van der Waals surface area contributed by atoms with Gasteiger partial charge in [-0.1, -0.05) is 84.9 Å². The van der Waals surface area contributed by atoms with Crippen LogP contribution in [0.1, 0.15) is 45.2 Å². The van der Waals surface area contributed by atoms with Gasteiger partial charge in [-0.25, -0.2) is 18.0 Å². The van der Waals surface area contributed by atoms with Crippen molar-refractivity contribution in [2.75, 3.05) is 11.5 Å². The minimum Gasteiger partial charge on any atom is -0.464 e. The van der Waals surface area contributed by atoms with Crippen molar-refractivity contribution in [3.05, 3.63) is 133 Å². The second kappa shape index (κ2) is 13.8. The highest BCUT2D eigenvalue weighted by atomic mass is 32.2. The van der Waals surface area contributed by atoms with E-state index in [1.807, 2.05) is 83.6 Å². The number of sulfonamides is 1. The number of hydrogen-bond donors (Lipinski definition) is 1. The molecule has 0 unspecified atom stereocenters. The Bertz CT molecular complexity index is 2270. The van der Waals surface area contributed by atoms with Crippen LogP contribution < -0.4 is 10.2 Å². The van der Waals surface area contributed by atoms with Crippen LogP contribution in [0.2, 0.25) is 0 Å². The van der Waals surface area contributed by atoms with Gasteiger partial charge >= 0.3 is 12.1 Å². The molecule has 1 N–H and O–H groups in total. The molecule has 11 nitrogen and oxygen atoms in total. The van der Waals surface area contributed by atoms with E-state index in [-0.39, 0.29) is 24.3 Å². The fourth-order valence-corrected chi connectivity index (χ4v) is 9.48. The first kappa shape index (κ1) is 35.9. The van der Waals surface area contributed by atoms with E-state index < -0.39 is 57.4 Å². The third kappa shape index (κ3) is 6.35.